The smallest absolute Gasteiger partial charge is 0.463 e. The molecule has 234 valence electrons. The van der Waals surface area contributed by atoms with Crippen LogP contribution in [0.5, 0.6) is 0 Å². The second kappa shape index (κ2) is 18.5. The number of rotatable bonds is 18. The Labute approximate surface area is 230 Å². The molecule has 40 heavy (non-hydrogen) atoms. The van der Waals surface area contributed by atoms with Crippen LogP contribution in [0.15, 0.2) is 0 Å². The highest BCUT2D eigenvalue weighted by Crippen LogP contribution is 2.43. The molecule has 1 fully saturated rings. The molecule has 1 aliphatic heterocycles. The lowest BCUT2D eigenvalue weighted by molar-refractivity contribution is -0.274. The van der Waals surface area contributed by atoms with Crippen molar-refractivity contribution in [3.8, 4) is 0 Å². The number of amides is 2. The van der Waals surface area contributed by atoms with Crippen LogP contribution in [0.25, 0.3) is 0 Å². The van der Waals surface area contributed by atoms with Crippen LogP contribution in [0.3, 0.4) is 0 Å². The monoisotopic (exact) mass is 605 g/mol. The lowest BCUT2D eigenvalue weighted by Gasteiger charge is -2.42. The Bertz CT molecular complexity index is 835. The highest BCUT2D eigenvalue weighted by atomic mass is 31.2. The average molecular weight is 606 g/mol. The molecule has 1 saturated heterocycles. The van der Waals surface area contributed by atoms with Gasteiger partial charge in [-0.3, -0.25) is 24.0 Å². The lowest BCUT2D eigenvalue weighted by Crippen LogP contribution is -2.65. The molecule has 19 heteroatoms. The third-order valence-electron chi connectivity index (χ3n) is 5.25. The number of phosphoric ester groups is 1. The normalized spacial score (nSPS) is 25.8. The van der Waals surface area contributed by atoms with Crippen LogP contribution in [-0.4, -0.2) is 133 Å². The maximum Gasteiger partial charge on any atom is 0.472 e. The molecule has 1 heterocycles. The van der Waals surface area contributed by atoms with Crippen LogP contribution in [-0.2, 0) is 42.1 Å². The Morgan fingerprint density at radius 2 is 1.75 bits per heavy atom. The first kappa shape index (κ1) is 36.1. The van der Waals surface area contributed by atoms with Crippen molar-refractivity contribution in [1.29, 1.82) is 0 Å². The fourth-order valence-electron chi connectivity index (χ4n) is 3.32. The Hall–Kier alpha value is -1.96. The van der Waals surface area contributed by atoms with Crippen molar-refractivity contribution in [2.75, 3.05) is 46.6 Å². The first-order chi connectivity index (χ1) is 18.8. The van der Waals surface area contributed by atoms with Gasteiger partial charge in [-0.25, -0.2) is 9.36 Å². The molecule has 4 unspecified atom stereocenters. The molecule has 8 N–H and O–H groups in total. The number of alkyl carbamates (subject to hydrolysis) is 1. The Morgan fingerprint density at radius 3 is 2.35 bits per heavy atom. The maximum absolute atomic E-state index is 12.0. The van der Waals surface area contributed by atoms with Gasteiger partial charge in [0.15, 0.2) is 6.29 Å². The highest BCUT2D eigenvalue weighted by molar-refractivity contribution is 7.47. The van der Waals surface area contributed by atoms with Gasteiger partial charge in [0.1, 0.15) is 43.9 Å². The molecule has 0 bridgehead atoms. The van der Waals surface area contributed by atoms with Crippen molar-refractivity contribution in [1.82, 2.24) is 16.0 Å². The van der Waals surface area contributed by atoms with E-state index >= 15 is 0 Å². The number of esters is 1. The van der Waals surface area contributed by atoms with E-state index in [0.717, 1.165) is 14.0 Å². The van der Waals surface area contributed by atoms with E-state index in [9.17, 15) is 44.3 Å². The number of aliphatic hydroxyl groups excluding tert-OH is 4. The van der Waals surface area contributed by atoms with Crippen LogP contribution < -0.4 is 16.0 Å². The third kappa shape index (κ3) is 14.1. The molecule has 0 radical (unpaired) electrons. The molecule has 0 aromatic rings. The SMILES string of the molecule is COP(=O)(O)OC(COC(C)=O)COC(=O)NCCC(=O)NCCCO[C@@H]1O[C@H](CO)[C@H](O)[C@H](O)C1NC(C)O. The van der Waals surface area contributed by atoms with Gasteiger partial charge in [-0.15, -0.1) is 0 Å². The Kier molecular flexibility index (Phi) is 16.7. The summed E-state index contributed by atoms with van der Waals surface area (Å²) < 4.78 is 41.2. The molecule has 2 amide bonds. The van der Waals surface area contributed by atoms with Gasteiger partial charge in [0, 0.05) is 33.5 Å². The van der Waals surface area contributed by atoms with Gasteiger partial charge < -0.3 is 54.9 Å². The molecule has 0 saturated carbocycles. The van der Waals surface area contributed by atoms with Crippen molar-refractivity contribution in [2.45, 2.75) is 69.7 Å². The second-order valence-electron chi connectivity index (χ2n) is 8.61. The number of carbonyl (C=O) groups excluding carboxylic acids is 3. The predicted octanol–water partition coefficient (Wildman–Crippen LogP) is -2.94. The molecule has 1 rings (SSSR count). The second-order valence-corrected chi connectivity index (χ2v) is 10.1. The van der Waals surface area contributed by atoms with Crippen LogP contribution in [0.1, 0.15) is 26.7 Å². The molecule has 8 atom stereocenters. The summed E-state index contributed by atoms with van der Waals surface area (Å²) in [6, 6.07) is -0.977. The summed E-state index contributed by atoms with van der Waals surface area (Å²) in [7, 11) is -3.51. The van der Waals surface area contributed by atoms with E-state index in [4.69, 9.17) is 23.5 Å². The summed E-state index contributed by atoms with van der Waals surface area (Å²) in [5, 5.41) is 46.8. The van der Waals surface area contributed by atoms with Gasteiger partial charge in [0.2, 0.25) is 5.91 Å². The number of ether oxygens (including phenoxy) is 4. The molecule has 0 aromatic carbocycles. The zero-order chi connectivity index (χ0) is 30.3. The van der Waals surface area contributed by atoms with Crippen molar-refractivity contribution in [3.05, 3.63) is 0 Å². The molecular weight excluding hydrogens is 565 g/mol. The minimum absolute atomic E-state index is 0.0644. The lowest BCUT2D eigenvalue weighted by atomic mass is 9.97. The first-order valence-corrected chi connectivity index (χ1v) is 13.8. The number of hydrogen-bond acceptors (Lipinski definition) is 15. The molecule has 1 aliphatic rings. The van der Waals surface area contributed by atoms with Crippen LogP contribution >= 0.6 is 7.82 Å². The topological polar surface area (TPSA) is 261 Å². The van der Waals surface area contributed by atoms with E-state index in [1.807, 2.05) is 0 Å². The summed E-state index contributed by atoms with van der Waals surface area (Å²) >= 11 is 0. The summed E-state index contributed by atoms with van der Waals surface area (Å²) in [5.41, 5.74) is 0. The van der Waals surface area contributed by atoms with Crippen molar-refractivity contribution < 1.29 is 72.3 Å². The average Bonchev–Trinajstić information content (AvgIpc) is 2.88. The molecular formula is C21H40N3O15P. The number of aliphatic hydroxyl groups is 4. The van der Waals surface area contributed by atoms with Crippen molar-refractivity contribution in [2.24, 2.45) is 0 Å². The number of nitrogens with one attached hydrogen (secondary N) is 3. The summed E-state index contributed by atoms with van der Waals surface area (Å²) in [5.74, 6) is -1.09. The molecule has 0 aliphatic carbocycles. The number of phosphoric acid groups is 1. The van der Waals surface area contributed by atoms with Crippen LogP contribution in [0, 0.1) is 0 Å². The van der Waals surface area contributed by atoms with Crippen molar-refractivity contribution >= 4 is 25.8 Å². The summed E-state index contributed by atoms with van der Waals surface area (Å²) in [6.45, 7) is 1.10. The zero-order valence-corrected chi connectivity index (χ0v) is 23.4. The zero-order valence-electron chi connectivity index (χ0n) is 22.5. The highest BCUT2D eigenvalue weighted by Gasteiger charge is 2.45. The largest absolute Gasteiger partial charge is 0.472 e. The standard InChI is InChI=1S/C21H40N3O15P/c1-12(26)24-17-19(30)18(29)15(9-25)38-20(17)35-8-4-6-22-16(28)5-7-23-21(31)37-11-14(10-36-13(2)27)39-40(32,33)34-3/h12,14-15,17-20,24-26,29-30H,4-11H2,1-3H3,(H,22,28)(H,23,31)(H,32,33)/t12?,14?,15-,17?,18+,19-,20-/m1/s1. The van der Waals surface area contributed by atoms with Gasteiger partial charge in [0.05, 0.1) is 19.3 Å². The number of hydrogen-bond donors (Lipinski definition) is 8. The van der Waals surface area contributed by atoms with E-state index in [0.29, 0.717) is 6.42 Å². The van der Waals surface area contributed by atoms with Gasteiger partial charge in [-0.2, -0.15) is 0 Å². The summed E-state index contributed by atoms with van der Waals surface area (Å²) in [4.78, 5) is 44.2. The van der Waals surface area contributed by atoms with E-state index < -0.39 is 88.6 Å². The van der Waals surface area contributed by atoms with Crippen LogP contribution in [0.2, 0.25) is 0 Å². The van der Waals surface area contributed by atoms with E-state index in [1.54, 1.807) is 0 Å². The van der Waals surface area contributed by atoms with Gasteiger partial charge in [-0.05, 0) is 13.3 Å². The minimum atomic E-state index is -4.44. The predicted molar refractivity (Wildman–Crippen MR) is 132 cm³/mol. The molecule has 18 nitrogen and oxygen atoms in total. The van der Waals surface area contributed by atoms with E-state index in [2.05, 4.69) is 20.5 Å². The maximum atomic E-state index is 12.0. The fraction of sp³-hybridized carbons (Fsp3) is 0.857. The minimum Gasteiger partial charge on any atom is -0.463 e. The third-order valence-corrected chi connectivity index (χ3v) is 6.27. The first-order valence-electron chi connectivity index (χ1n) is 12.3. The van der Waals surface area contributed by atoms with Gasteiger partial charge >= 0.3 is 19.9 Å². The quantitative estimate of drug-likeness (QED) is 0.0336. The molecule has 0 aromatic heterocycles. The fourth-order valence-corrected chi connectivity index (χ4v) is 3.90. The number of carbonyl (C=O) groups is 3. The summed E-state index contributed by atoms with van der Waals surface area (Å²) in [6.07, 6.45) is -8.00. The Morgan fingerprint density at radius 1 is 1.07 bits per heavy atom. The molecule has 0 spiro atoms. The van der Waals surface area contributed by atoms with Crippen molar-refractivity contribution in [3.63, 3.8) is 0 Å². The van der Waals surface area contributed by atoms with E-state index in [1.165, 1.54) is 6.92 Å². The van der Waals surface area contributed by atoms with Gasteiger partial charge in [-0.1, -0.05) is 0 Å². The Balaban J connectivity index is 2.32. The van der Waals surface area contributed by atoms with Crippen LogP contribution in [0.4, 0.5) is 4.79 Å². The van der Waals surface area contributed by atoms with E-state index in [-0.39, 0.29) is 26.1 Å². The van der Waals surface area contributed by atoms with Gasteiger partial charge in [0.25, 0.3) is 0 Å².